The van der Waals surface area contributed by atoms with Crippen LogP contribution in [-0.4, -0.2) is 68.7 Å². The Bertz CT molecular complexity index is 1040. The molecule has 30 heavy (non-hydrogen) atoms. The van der Waals surface area contributed by atoms with Crippen LogP contribution < -0.4 is 27.8 Å². The van der Waals surface area contributed by atoms with E-state index < -0.39 is 34.8 Å². The number of fused-ring (bicyclic) bond motifs is 4. The molecule has 0 bridgehead atoms. The molecule has 1 aromatic heterocycles. The van der Waals surface area contributed by atoms with Gasteiger partial charge in [0.1, 0.15) is 22.9 Å². The van der Waals surface area contributed by atoms with Gasteiger partial charge in [0, 0.05) is 28.7 Å². The van der Waals surface area contributed by atoms with Gasteiger partial charge in [-0.05, 0) is 34.3 Å². The minimum atomic E-state index is -1.20. The van der Waals surface area contributed by atoms with Crippen LogP contribution in [-0.2, 0) is 0 Å². The molecule has 4 aliphatic heterocycles. The highest BCUT2D eigenvalue weighted by atomic mass is 79.9. The van der Waals surface area contributed by atoms with Gasteiger partial charge in [-0.2, -0.15) is 0 Å². The molecule has 11 nitrogen and oxygen atoms in total. The monoisotopic (exact) mass is 497 g/mol. The lowest BCUT2D eigenvalue weighted by Crippen LogP contribution is -2.73. The molecule has 160 valence electrons. The Morgan fingerprint density at radius 3 is 2.73 bits per heavy atom. The van der Waals surface area contributed by atoms with E-state index in [1.807, 2.05) is 0 Å². The second kappa shape index (κ2) is 5.61. The average Bonchev–Trinajstić information content (AvgIpc) is 3.43. The van der Waals surface area contributed by atoms with Crippen LogP contribution in [0.25, 0.3) is 0 Å². The maximum Gasteiger partial charge on any atom is 0.272 e. The Balaban J connectivity index is 1.61. The third kappa shape index (κ3) is 1.80. The fraction of sp³-hybridized carbons (Fsp3) is 0.588. The van der Waals surface area contributed by atoms with E-state index in [9.17, 15) is 9.90 Å². The summed E-state index contributed by atoms with van der Waals surface area (Å²) in [5.41, 5.74) is 17.3. The fourth-order valence-electron chi connectivity index (χ4n) is 6.64. The number of aliphatic hydroxyl groups is 1. The number of nitrogens with one attached hydrogen (secondary N) is 3. The van der Waals surface area contributed by atoms with Crippen LogP contribution in [0.1, 0.15) is 22.1 Å². The van der Waals surface area contributed by atoms with Crippen molar-refractivity contribution in [2.45, 2.75) is 28.8 Å². The minimum Gasteiger partial charge on any atom is -0.370 e. The van der Waals surface area contributed by atoms with Crippen molar-refractivity contribution in [2.24, 2.45) is 44.9 Å². The lowest BCUT2D eigenvalue weighted by Gasteiger charge is -2.51. The summed E-state index contributed by atoms with van der Waals surface area (Å²) >= 11 is 10.5. The molecular weight excluding hydrogens is 478 g/mol. The van der Waals surface area contributed by atoms with Gasteiger partial charge in [0.05, 0.1) is 5.38 Å². The molecule has 10 N–H and O–H groups in total. The van der Waals surface area contributed by atoms with Gasteiger partial charge in [0.25, 0.3) is 5.91 Å². The van der Waals surface area contributed by atoms with Gasteiger partial charge in [0.15, 0.2) is 18.1 Å². The molecule has 2 spiro atoms. The molecule has 1 saturated heterocycles. The van der Waals surface area contributed by atoms with Crippen molar-refractivity contribution >= 4 is 45.4 Å². The van der Waals surface area contributed by atoms with Crippen LogP contribution in [0.5, 0.6) is 0 Å². The highest BCUT2D eigenvalue weighted by Crippen LogP contribution is 2.64. The molecule has 1 aliphatic carbocycles. The SMILES string of the molecule is NC[C@H]1[C@H]2CN3C(=O)c4[nH]cc(Br)c4[C@H]4N=C(N)N[C@]43C2[C@@]2(NC(N)=N[C@@H]2O)[C@H]1Cl. The first-order valence-corrected chi connectivity index (χ1v) is 10.9. The summed E-state index contributed by atoms with van der Waals surface area (Å²) in [6, 6.07) is -0.506. The standard InChI is InChI=1S/C17H21BrClN9O2/c18-6-2-23-8-7(6)11-17(27-14(21)24-11)9-5(3-28(17)12(8)29)4(1-20)10(19)16(9)13(30)25-15(22)26-16/h2,4-5,9-11,13,23,30H,1,3,20H2,(H3,21,24,27)(H3,22,25,26)/t4-,5+,9?,10-,11+,13+,16+,17-/m0/s1. The van der Waals surface area contributed by atoms with E-state index in [4.69, 9.17) is 28.8 Å². The van der Waals surface area contributed by atoms with Crippen LogP contribution in [0.15, 0.2) is 20.7 Å². The highest BCUT2D eigenvalue weighted by molar-refractivity contribution is 9.10. The number of rotatable bonds is 1. The number of carbonyl (C=O) groups excluding carboxylic acids is 1. The number of nitrogens with two attached hydrogens (primary N) is 3. The Morgan fingerprint density at radius 2 is 2.07 bits per heavy atom. The zero-order valence-corrected chi connectivity index (χ0v) is 18.0. The van der Waals surface area contributed by atoms with Gasteiger partial charge in [0.2, 0.25) is 0 Å². The maximum atomic E-state index is 13.6. The molecule has 1 saturated carbocycles. The third-order valence-electron chi connectivity index (χ3n) is 7.56. The molecule has 13 heteroatoms. The summed E-state index contributed by atoms with van der Waals surface area (Å²) in [5.74, 6) is -0.555. The number of guanidine groups is 2. The number of aromatic nitrogens is 1. The number of nitrogens with zero attached hydrogens (tertiary/aromatic N) is 3. The van der Waals surface area contributed by atoms with Crippen molar-refractivity contribution in [3.63, 3.8) is 0 Å². The zero-order chi connectivity index (χ0) is 21.2. The molecule has 5 heterocycles. The number of alkyl halides is 1. The number of aromatic amines is 1. The lowest BCUT2D eigenvalue weighted by molar-refractivity contribution is -0.0124. The van der Waals surface area contributed by atoms with Crippen molar-refractivity contribution in [1.29, 1.82) is 0 Å². The Labute approximate surface area is 184 Å². The van der Waals surface area contributed by atoms with Crippen LogP contribution in [0.2, 0.25) is 0 Å². The van der Waals surface area contributed by atoms with E-state index in [1.165, 1.54) is 0 Å². The first-order chi connectivity index (χ1) is 14.3. The van der Waals surface area contributed by atoms with Gasteiger partial charge < -0.3 is 42.8 Å². The average molecular weight is 499 g/mol. The number of aliphatic hydroxyl groups excluding tert-OH is 1. The van der Waals surface area contributed by atoms with Crippen molar-refractivity contribution in [3.8, 4) is 0 Å². The van der Waals surface area contributed by atoms with E-state index in [-0.39, 0.29) is 29.7 Å². The van der Waals surface area contributed by atoms with E-state index in [0.29, 0.717) is 18.8 Å². The van der Waals surface area contributed by atoms with Gasteiger partial charge >= 0.3 is 0 Å². The molecule has 6 rings (SSSR count). The first kappa shape index (κ1) is 18.7. The van der Waals surface area contributed by atoms with Gasteiger partial charge in [-0.3, -0.25) is 4.79 Å². The van der Waals surface area contributed by atoms with Gasteiger partial charge in [-0.15, -0.1) is 11.6 Å². The summed E-state index contributed by atoms with van der Waals surface area (Å²) in [6.07, 6.45) is 0.523. The lowest BCUT2D eigenvalue weighted by atomic mass is 9.70. The Hall–Kier alpha value is -2.02. The molecule has 8 atom stereocenters. The Morgan fingerprint density at radius 1 is 1.33 bits per heavy atom. The fourth-order valence-corrected chi connectivity index (χ4v) is 7.76. The molecule has 1 aromatic rings. The zero-order valence-electron chi connectivity index (χ0n) is 15.6. The number of halogens is 2. The van der Waals surface area contributed by atoms with Crippen LogP contribution >= 0.6 is 27.5 Å². The number of hydrogen-bond acceptors (Lipinski definition) is 9. The largest absolute Gasteiger partial charge is 0.370 e. The topological polar surface area (TPSA) is 183 Å². The highest BCUT2D eigenvalue weighted by Gasteiger charge is 2.79. The predicted octanol–water partition coefficient (Wildman–Crippen LogP) is -1.69. The molecule has 0 aromatic carbocycles. The molecular formula is C17H21BrClN9O2. The quantitative estimate of drug-likeness (QED) is 0.225. The molecule has 1 unspecified atom stereocenters. The number of amides is 1. The maximum absolute atomic E-state index is 13.6. The molecule has 1 amide bonds. The Kier molecular flexibility index (Phi) is 3.50. The van der Waals surface area contributed by atoms with Gasteiger partial charge in [-0.25, -0.2) is 9.98 Å². The van der Waals surface area contributed by atoms with Crippen molar-refractivity contribution in [3.05, 3.63) is 21.9 Å². The first-order valence-electron chi connectivity index (χ1n) is 9.71. The van der Waals surface area contributed by atoms with Crippen molar-refractivity contribution < 1.29 is 9.90 Å². The van der Waals surface area contributed by atoms with Crippen LogP contribution in [0.3, 0.4) is 0 Å². The summed E-state index contributed by atoms with van der Waals surface area (Å²) in [5, 5.41) is 17.0. The van der Waals surface area contributed by atoms with E-state index >= 15 is 0 Å². The van der Waals surface area contributed by atoms with Crippen molar-refractivity contribution in [2.75, 3.05) is 13.1 Å². The second-order valence-electron chi connectivity index (χ2n) is 8.60. The number of hydrogen-bond donors (Lipinski definition) is 7. The van der Waals surface area contributed by atoms with E-state index in [1.54, 1.807) is 11.1 Å². The number of carbonyl (C=O) groups is 1. The summed E-state index contributed by atoms with van der Waals surface area (Å²) in [7, 11) is 0. The molecule has 5 aliphatic rings. The number of H-pyrrole nitrogens is 1. The molecule has 2 fully saturated rings. The van der Waals surface area contributed by atoms with E-state index in [2.05, 4.69) is 41.5 Å². The molecule has 0 radical (unpaired) electrons. The van der Waals surface area contributed by atoms with Crippen molar-refractivity contribution in [1.82, 2.24) is 20.5 Å². The minimum absolute atomic E-state index is 0.105. The van der Waals surface area contributed by atoms with Crippen LogP contribution in [0.4, 0.5) is 0 Å². The summed E-state index contributed by atoms with van der Waals surface area (Å²) in [4.78, 5) is 27.2. The smallest absolute Gasteiger partial charge is 0.272 e. The van der Waals surface area contributed by atoms with Crippen LogP contribution in [0, 0.1) is 17.8 Å². The van der Waals surface area contributed by atoms with Gasteiger partial charge in [-0.1, -0.05) is 0 Å². The number of aliphatic imine (C=N–C) groups is 2. The van der Waals surface area contributed by atoms with E-state index in [0.717, 1.165) is 10.0 Å². The third-order valence-corrected chi connectivity index (χ3v) is 8.90. The second-order valence-corrected chi connectivity index (χ2v) is 9.92. The normalized spacial score (nSPS) is 45.5. The summed E-state index contributed by atoms with van der Waals surface area (Å²) < 4.78 is 0.735. The predicted molar refractivity (Wildman–Crippen MR) is 112 cm³/mol. The summed E-state index contributed by atoms with van der Waals surface area (Å²) in [6.45, 7) is 0.687.